The van der Waals surface area contributed by atoms with E-state index in [-0.39, 0.29) is 18.2 Å². The Hall–Kier alpha value is -1.39. The Morgan fingerprint density at radius 1 is 0.600 bits per heavy atom. The number of unbranched alkanes of at least 4 members (excludes halogenated alkanes) is 22. The Morgan fingerprint density at radius 3 is 1.15 bits per heavy atom. The van der Waals surface area contributed by atoms with Gasteiger partial charge in [-0.3, -0.25) is 14.9 Å². The minimum atomic E-state index is -4.64. The summed E-state index contributed by atoms with van der Waals surface area (Å²) in [6.45, 7) is 12.4. The van der Waals surface area contributed by atoms with Crippen molar-refractivity contribution in [3.05, 3.63) is 24.3 Å². The van der Waals surface area contributed by atoms with E-state index in [4.69, 9.17) is 30.7 Å². The number of phosphoric acid groups is 1. The third-order valence-electron chi connectivity index (χ3n) is 9.91. The maximum atomic E-state index is 12.7. The summed E-state index contributed by atoms with van der Waals surface area (Å²) in [7, 11) is -4.64. The smallest absolute Gasteiger partial charge is 0.329 e. The molecule has 1 aliphatic heterocycles. The predicted molar refractivity (Wildman–Crippen MR) is 233 cm³/mol. The average Bonchev–Trinajstić information content (AvgIpc) is 3.39. The summed E-state index contributed by atoms with van der Waals surface area (Å²) in [4.78, 5) is 46.2. The zero-order valence-corrected chi connectivity index (χ0v) is 36.9. The maximum absolute atomic E-state index is 12.7. The second-order valence-electron chi connectivity index (χ2n) is 16.5. The molecule has 1 saturated heterocycles. The SMILES string of the molecule is CC(C)CCCCCCCCCCCCCC=CC1(C=CCCCCCCCCCCCCCC(C)C)CC(=O)NC1=O.NCCNCCN.O=P(O)(O)O. The van der Waals surface area contributed by atoms with Gasteiger partial charge in [-0.1, -0.05) is 193 Å². The van der Waals surface area contributed by atoms with Crippen LogP contribution >= 0.6 is 7.82 Å². The first-order chi connectivity index (χ1) is 26.3. The number of carbonyl (C=O) groups excluding carboxylic acids is 2. The van der Waals surface area contributed by atoms with E-state index in [0.717, 1.165) is 37.8 Å². The van der Waals surface area contributed by atoms with Gasteiger partial charge in [0.15, 0.2) is 0 Å². The highest BCUT2D eigenvalue weighted by molar-refractivity contribution is 7.45. The van der Waals surface area contributed by atoms with Crippen LogP contribution in [-0.4, -0.2) is 52.7 Å². The zero-order valence-electron chi connectivity index (χ0n) is 36.1. The molecule has 326 valence electrons. The molecular formula is C44H89N4O6P. The second-order valence-corrected chi connectivity index (χ2v) is 17.5. The van der Waals surface area contributed by atoms with Crippen molar-refractivity contribution < 1.29 is 28.8 Å². The van der Waals surface area contributed by atoms with E-state index in [2.05, 4.69) is 50.5 Å². The van der Waals surface area contributed by atoms with Gasteiger partial charge in [0.1, 0.15) is 0 Å². The molecular weight excluding hydrogens is 711 g/mol. The highest BCUT2D eigenvalue weighted by Crippen LogP contribution is 2.32. The quantitative estimate of drug-likeness (QED) is 0.0144. The molecule has 0 aromatic rings. The topological polar surface area (TPSA) is 188 Å². The Kier molecular flexibility index (Phi) is 39.9. The van der Waals surface area contributed by atoms with Crippen LogP contribution in [0, 0.1) is 17.3 Å². The van der Waals surface area contributed by atoms with Gasteiger partial charge in [-0.2, -0.15) is 0 Å². The molecule has 0 unspecified atom stereocenters. The number of hydrogen-bond acceptors (Lipinski definition) is 6. The lowest BCUT2D eigenvalue weighted by Crippen LogP contribution is -2.28. The summed E-state index contributed by atoms with van der Waals surface area (Å²) in [5.41, 5.74) is 9.57. The Bertz CT molecular complexity index is 929. The lowest BCUT2D eigenvalue weighted by molar-refractivity contribution is -0.126. The number of carbonyl (C=O) groups is 2. The van der Waals surface area contributed by atoms with Gasteiger partial charge < -0.3 is 31.5 Å². The van der Waals surface area contributed by atoms with Crippen molar-refractivity contribution in [1.29, 1.82) is 0 Å². The first kappa shape index (κ1) is 55.7. The van der Waals surface area contributed by atoms with E-state index in [1.165, 1.54) is 154 Å². The average molecular weight is 801 g/mol. The summed E-state index contributed by atoms with van der Waals surface area (Å²) >= 11 is 0. The van der Waals surface area contributed by atoms with Crippen molar-refractivity contribution in [2.24, 2.45) is 28.7 Å². The third-order valence-corrected chi connectivity index (χ3v) is 9.91. The monoisotopic (exact) mass is 801 g/mol. The fourth-order valence-electron chi connectivity index (χ4n) is 6.69. The van der Waals surface area contributed by atoms with Gasteiger partial charge in [0, 0.05) is 32.6 Å². The summed E-state index contributed by atoms with van der Waals surface area (Å²) in [6.07, 6.45) is 43.1. The molecule has 55 heavy (non-hydrogen) atoms. The van der Waals surface area contributed by atoms with Crippen molar-refractivity contribution in [3.8, 4) is 0 Å². The van der Waals surface area contributed by atoms with Crippen molar-refractivity contribution in [1.82, 2.24) is 10.6 Å². The van der Waals surface area contributed by atoms with Gasteiger partial charge in [-0.25, -0.2) is 4.57 Å². The molecule has 9 N–H and O–H groups in total. The highest BCUT2D eigenvalue weighted by Gasteiger charge is 2.42. The van der Waals surface area contributed by atoms with Gasteiger partial charge in [-0.05, 0) is 37.5 Å². The minimum Gasteiger partial charge on any atom is -0.329 e. The summed E-state index contributed by atoms with van der Waals surface area (Å²) in [5, 5.41) is 5.57. The molecule has 11 heteroatoms. The largest absolute Gasteiger partial charge is 0.466 e. The minimum absolute atomic E-state index is 0.148. The highest BCUT2D eigenvalue weighted by atomic mass is 31.2. The van der Waals surface area contributed by atoms with Crippen molar-refractivity contribution in [3.63, 3.8) is 0 Å². The molecule has 2 amide bonds. The molecule has 0 aliphatic carbocycles. The number of rotatable bonds is 34. The van der Waals surface area contributed by atoms with E-state index in [1.807, 2.05) is 12.2 Å². The Labute approximate surface area is 338 Å². The van der Waals surface area contributed by atoms with E-state index in [0.29, 0.717) is 13.1 Å². The van der Waals surface area contributed by atoms with Crippen LogP contribution in [0.3, 0.4) is 0 Å². The van der Waals surface area contributed by atoms with Crippen LogP contribution in [0.5, 0.6) is 0 Å². The second kappa shape index (κ2) is 39.4. The lowest BCUT2D eigenvalue weighted by atomic mass is 9.84. The van der Waals surface area contributed by atoms with E-state index in [1.54, 1.807) is 0 Å². The zero-order chi connectivity index (χ0) is 41.5. The van der Waals surface area contributed by atoms with Crippen LogP contribution in [-0.2, 0) is 14.2 Å². The van der Waals surface area contributed by atoms with Gasteiger partial charge in [0.2, 0.25) is 11.8 Å². The molecule has 1 aliphatic rings. The third kappa shape index (κ3) is 43.6. The van der Waals surface area contributed by atoms with Crippen molar-refractivity contribution >= 4 is 19.6 Å². The summed E-state index contributed by atoms with van der Waals surface area (Å²) < 4.78 is 8.88. The Balaban J connectivity index is 0. The first-order valence-electron chi connectivity index (χ1n) is 22.4. The van der Waals surface area contributed by atoms with Gasteiger partial charge in [0.05, 0.1) is 5.41 Å². The number of amides is 2. The van der Waals surface area contributed by atoms with Crippen LogP contribution in [0.4, 0.5) is 0 Å². The summed E-state index contributed by atoms with van der Waals surface area (Å²) in [5.74, 6) is 1.41. The predicted octanol–water partition coefficient (Wildman–Crippen LogP) is 10.2. The van der Waals surface area contributed by atoms with Crippen molar-refractivity contribution in [2.45, 2.75) is 201 Å². The molecule has 0 aromatic heterocycles. The first-order valence-corrected chi connectivity index (χ1v) is 23.9. The van der Waals surface area contributed by atoms with Crippen LogP contribution < -0.4 is 22.1 Å². The van der Waals surface area contributed by atoms with E-state index < -0.39 is 13.2 Å². The number of nitrogens with two attached hydrogens (primary N) is 2. The fraction of sp³-hybridized carbons (Fsp3) is 0.864. The summed E-state index contributed by atoms with van der Waals surface area (Å²) in [6, 6.07) is 0. The van der Waals surface area contributed by atoms with Crippen LogP contribution in [0.1, 0.15) is 201 Å². The number of imide groups is 1. The van der Waals surface area contributed by atoms with Gasteiger partial charge in [-0.15, -0.1) is 0 Å². The molecule has 0 atom stereocenters. The molecule has 0 spiro atoms. The molecule has 0 radical (unpaired) electrons. The van der Waals surface area contributed by atoms with Gasteiger partial charge >= 0.3 is 7.82 Å². The van der Waals surface area contributed by atoms with Crippen LogP contribution in [0.15, 0.2) is 24.3 Å². The Morgan fingerprint density at radius 2 is 0.891 bits per heavy atom. The number of hydrogen-bond donors (Lipinski definition) is 7. The molecule has 10 nitrogen and oxygen atoms in total. The standard InChI is InChI=1S/C40H73NO2.C4H13N3.H3O4P/c1-36(2)31-27-23-19-15-11-7-5-9-13-17-21-25-29-33-40(35-38(42)41-39(40)43)34-30-26-22-18-14-10-6-8-12-16-20-24-28-32-37(3)4;5-1-3-7-4-2-6;1-5(2,3)4/h29-30,33-34,36-37H,5-28,31-32,35H2,1-4H3,(H,41,42,43);7H,1-6H2;(H3,1,2,3,4). The van der Waals surface area contributed by atoms with E-state index in [9.17, 15) is 9.59 Å². The number of nitrogens with one attached hydrogen (secondary N) is 2. The number of allylic oxidation sites excluding steroid dienone is 2. The molecule has 1 fully saturated rings. The molecule has 1 rings (SSSR count). The van der Waals surface area contributed by atoms with Crippen molar-refractivity contribution in [2.75, 3.05) is 26.2 Å². The maximum Gasteiger partial charge on any atom is 0.466 e. The molecule has 0 aromatic carbocycles. The normalized spacial score (nSPS) is 15.9. The lowest BCUT2D eigenvalue weighted by Gasteiger charge is -2.16. The molecule has 1 heterocycles. The van der Waals surface area contributed by atoms with Crippen LogP contribution in [0.2, 0.25) is 0 Å². The fourth-order valence-corrected chi connectivity index (χ4v) is 6.69. The van der Waals surface area contributed by atoms with Crippen LogP contribution in [0.25, 0.3) is 0 Å². The molecule has 0 bridgehead atoms. The van der Waals surface area contributed by atoms with E-state index >= 15 is 0 Å². The van der Waals surface area contributed by atoms with Gasteiger partial charge in [0.25, 0.3) is 0 Å². The molecule has 0 saturated carbocycles.